The number of ether oxygens (including phenoxy) is 2. The van der Waals surface area contributed by atoms with E-state index in [1.165, 1.54) is 6.92 Å². The van der Waals surface area contributed by atoms with Crippen molar-refractivity contribution in [2.24, 2.45) is 0 Å². The molecule has 2 heterocycles. The van der Waals surface area contributed by atoms with Crippen LogP contribution >= 0.6 is 31.9 Å². The van der Waals surface area contributed by atoms with Crippen molar-refractivity contribution in [2.75, 3.05) is 24.4 Å². The van der Waals surface area contributed by atoms with Gasteiger partial charge in [-0.3, -0.25) is 4.72 Å². The standard InChI is InChI=1S/C19H20Br2N6O4S/c1-2-7-26-32(28,29)27-17-16(13-3-5-14(20)6-4-13)18(25-12-24-17)30-8-9-31-19-22-10-15(21)11-23-19/h3-6,10-12,26H,2,7-9H2,1H3,(H,24,25,27)/i3D,4D,5D,6D,7D2,10D,11D. The first kappa shape index (κ1) is 15.5. The van der Waals surface area contributed by atoms with E-state index in [0.29, 0.717) is 0 Å². The molecule has 0 atom stereocenters. The topological polar surface area (TPSA) is 128 Å². The van der Waals surface area contributed by atoms with Crippen molar-refractivity contribution in [3.8, 4) is 23.0 Å². The van der Waals surface area contributed by atoms with E-state index in [0.717, 1.165) is 6.33 Å². The minimum atomic E-state index is -4.61. The zero-order valence-corrected chi connectivity index (χ0v) is 20.3. The molecule has 0 spiro atoms. The van der Waals surface area contributed by atoms with E-state index >= 15 is 0 Å². The van der Waals surface area contributed by atoms with Crippen molar-refractivity contribution >= 4 is 47.9 Å². The third-order valence-corrected chi connectivity index (χ3v) is 4.95. The molecule has 0 unspecified atom stereocenters. The Morgan fingerprint density at radius 2 is 1.72 bits per heavy atom. The third kappa shape index (κ3) is 7.08. The molecule has 0 aliphatic rings. The molecular weight excluding hydrogens is 568 g/mol. The smallest absolute Gasteiger partial charge is 0.316 e. The molecule has 0 saturated heterocycles. The first-order valence-corrected chi connectivity index (χ1v) is 11.8. The molecule has 0 aliphatic carbocycles. The van der Waals surface area contributed by atoms with Gasteiger partial charge in [0.1, 0.15) is 19.5 Å². The highest BCUT2D eigenvalue weighted by Gasteiger charge is 2.19. The average Bonchev–Trinajstić information content (AvgIpc) is 2.87. The van der Waals surface area contributed by atoms with Crippen LogP contribution < -0.4 is 18.9 Å². The molecule has 3 rings (SSSR count). The number of rotatable bonds is 11. The van der Waals surface area contributed by atoms with E-state index in [9.17, 15) is 8.42 Å². The van der Waals surface area contributed by atoms with Gasteiger partial charge >= 0.3 is 6.01 Å². The van der Waals surface area contributed by atoms with Crippen LogP contribution in [0.3, 0.4) is 0 Å². The van der Waals surface area contributed by atoms with Crippen LogP contribution in [0.5, 0.6) is 11.9 Å². The molecule has 0 amide bonds. The summed E-state index contributed by atoms with van der Waals surface area (Å²) >= 11 is 6.00. The highest BCUT2D eigenvalue weighted by atomic mass is 79.9. The van der Waals surface area contributed by atoms with Gasteiger partial charge in [-0.2, -0.15) is 13.1 Å². The Morgan fingerprint density at radius 1 is 1.03 bits per heavy atom. The van der Waals surface area contributed by atoms with Gasteiger partial charge in [-0.25, -0.2) is 19.9 Å². The summed E-state index contributed by atoms with van der Waals surface area (Å²) in [6, 6.07) is -2.33. The lowest BCUT2D eigenvalue weighted by Crippen LogP contribution is -2.31. The fraction of sp³-hybridized carbons (Fsp3) is 0.263. The van der Waals surface area contributed by atoms with Gasteiger partial charge < -0.3 is 9.47 Å². The number of nitrogens with one attached hydrogen (secondary N) is 2. The molecule has 0 saturated carbocycles. The Bertz CT molecular complexity index is 1500. The maximum atomic E-state index is 12.7. The Balaban J connectivity index is 2.03. The van der Waals surface area contributed by atoms with Crippen molar-refractivity contribution in [3.63, 3.8) is 0 Å². The molecule has 10 nitrogen and oxygen atoms in total. The van der Waals surface area contributed by atoms with Gasteiger partial charge in [-0.05, 0) is 40.0 Å². The van der Waals surface area contributed by atoms with Crippen molar-refractivity contribution < 1.29 is 28.9 Å². The van der Waals surface area contributed by atoms with Gasteiger partial charge in [0.05, 0.1) is 18.3 Å². The van der Waals surface area contributed by atoms with Gasteiger partial charge in [0.2, 0.25) is 5.88 Å². The lowest BCUT2D eigenvalue weighted by Gasteiger charge is -2.15. The summed E-state index contributed by atoms with van der Waals surface area (Å²) in [4.78, 5) is 15.4. The summed E-state index contributed by atoms with van der Waals surface area (Å²) in [5.41, 5.74) is -0.740. The third-order valence-electron chi connectivity index (χ3n) is 3.32. The molecule has 170 valence electrons. The van der Waals surface area contributed by atoms with Gasteiger partial charge in [0, 0.05) is 26.1 Å². The number of anilines is 1. The SMILES string of the molecule is [2H]c1nc(OCCOc2ncnc(NS(=O)(=O)NC([2H])([2H])CC)c2-c2c([2H])c([2H])c(Br)c([2H])c2[2H])nc([2H])c1Br. The van der Waals surface area contributed by atoms with Crippen LogP contribution in [0.15, 0.2) is 51.8 Å². The largest absolute Gasteiger partial charge is 0.473 e. The molecule has 13 heteroatoms. The summed E-state index contributed by atoms with van der Waals surface area (Å²) in [6.45, 7) is -1.41. The lowest BCUT2D eigenvalue weighted by molar-refractivity contribution is 0.202. The van der Waals surface area contributed by atoms with Crippen molar-refractivity contribution in [1.82, 2.24) is 24.7 Å². The Morgan fingerprint density at radius 3 is 2.41 bits per heavy atom. The van der Waals surface area contributed by atoms with Gasteiger partial charge in [-0.1, -0.05) is 34.9 Å². The Hall–Kier alpha value is -2.35. The number of benzene rings is 1. The second-order valence-corrected chi connectivity index (χ2v) is 8.57. The van der Waals surface area contributed by atoms with Gasteiger partial charge in [0.15, 0.2) is 5.82 Å². The number of hydrogen-bond acceptors (Lipinski definition) is 8. The zero-order valence-electron chi connectivity index (χ0n) is 24.3. The normalized spacial score (nSPS) is 15.2. The monoisotopic (exact) mass is 594 g/mol. The van der Waals surface area contributed by atoms with Crippen LogP contribution in [0.25, 0.3) is 11.1 Å². The predicted octanol–water partition coefficient (Wildman–Crippen LogP) is 3.57. The first-order chi connectivity index (χ1) is 18.6. The second kappa shape index (κ2) is 11.5. The number of nitrogens with zero attached hydrogens (tertiary/aromatic N) is 4. The van der Waals surface area contributed by atoms with E-state index in [2.05, 4.69) is 51.8 Å². The minimum absolute atomic E-state index is 0.0765. The molecule has 2 aromatic heterocycles. The van der Waals surface area contributed by atoms with Crippen molar-refractivity contribution in [1.29, 1.82) is 0 Å². The van der Waals surface area contributed by atoms with Gasteiger partial charge in [-0.15, -0.1) is 0 Å². The fourth-order valence-corrected chi connectivity index (χ4v) is 3.27. The predicted molar refractivity (Wildman–Crippen MR) is 127 cm³/mol. The van der Waals surface area contributed by atoms with Crippen LogP contribution in [-0.4, -0.2) is 48.1 Å². The zero-order chi connectivity index (χ0) is 30.0. The van der Waals surface area contributed by atoms with Crippen molar-refractivity contribution in [2.45, 2.75) is 13.3 Å². The average molecular weight is 596 g/mol. The summed E-state index contributed by atoms with van der Waals surface area (Å²) in [7, 11) is -4.61. The molecule has 1 aromatic carbocycles. The van der Waals surface area contributed by atoms with E-state index < -0.39 is 46.7 Å². The summed E-state index contributed by atoms with van der Waals surface area (Å²) in [6.07, 6.45) is 0.170. The van der Waals surface area contributed by atoms with E-state index in [1.54, 1.807) is 0 Å². The number of halogens is 2. The molecule has 0 radical (unpaired) electrons. The Labute approximate surface area is 213 Å². The fourth-order valence-electron chi connectivity index (χ4n) is 2.10. The number of aromatic nitrogens is 4. The van der Waals surface area contributed by atoms with Crippen LogP contribution in [0.4, 0.5) is 5.82 Å². The molecule has 0 aliphatic heterocycles. The lowest BCUT2D eigenvalue weighted by atomic mass is 10.1. The van der Waals surface area contributed by atoms with Crippen LogP contribution in [0.1, 0.15) is 24.3 Å². The summed E-state index contributed by atoms with van der Waals surface area (Å²) < 4.78 is 104. The molecule has 2 N–H and O–H groups in total. The van der Waals surface area contributed by atoms with Crippen LogP contribution in [0, 0.1) is 0 Å². The summed E-state index contributed by atoms with van der Waals surface area (Å²) in [5, 5.41) is 0. The summed E-state index contributed by atoms with van der Waals surface area (Å²) in [5.74, 6) is -0.862. The highest BCUT2D eigenvalue weighted by Crippen LogP contribution is 2.34. The minimum Gasteiger partial charge on any atom is -0.473 e. The molecule has 0 bridgehead atoms. The number of hydrogen-bond donors (Lipinski definition) is 2. The van der Waals surface area contributed by atoms with E-state index in [4.69, 9.17) is 20.4 Å². The molecule has 0 fully saturated rings. The van der Waals surface area contributed by atoms with Gasteiger partial charge in [0.25, 0.3) is 10.2 Å². The quantitative estimate of drug-likeness (QED) is 0.322. The molecular formula is C19H20Br2N6O4S. The van der Waals surface area contributed by atoms with Crippen LogP contribution in [0.2, 0.25) is 0 Å². The van der Waals surface area contributed by atoms with E-state index in [1.807, 2.05) is 9.44 Å². The molecule has 32 heavy (non-hydrogen) atoms. The second-order valence-electron chi connectivity index (χ2n) is 5.57. The first-order valence-electron chi connectivity index (χ1n) is 12.8. The van der Waals surface area contributed by atoms with Crippen LogP contribution in [-0.2, 0) is 10.2 Å². The molecule has 3 aromatic rings. The maximum absolute atomic E-state index is 12.7. The highest BCUT2D eigenvalue weighted by molar-refractivity contribution is 9.10. The van der Waals surface area contributed by atoms with Crippen molar-refractivity contribution in [3.05, 3.63) is 51.8 Å². The Kier molecular flexibility index (Phi) is 5.56. The maximum Gasteiger partial charge on any atom is 0.316 e. The van der Waals surface area contributed by atoms with E-state index in [-0.39, 0.29) is 63.9 Å².